The van der Waals surface area contributed by atoms with Gasteiger partial charge in [-0.1, -0.05) is 18.2 Å². The van der Waals surface area contributed by atoms with Crippen LogP contribution in [0.1, 0.15) is 25.0 Å². The molecule has 0 aliphatic rings. The maximum atomic E-state index is 5.95. The van der Waals surface area contributed by atoms with Gasteiger partial charge in [-0.3, -0.25) is 0 Å². The van der Waals surface area contributed by atoms with Gasteiger partial charge >= 0.3 is 0 Å². The molecule has 0 bridgehead atoms. The number of aromatic nitrogens is 5. The molecule has 4 rings (SSSR count). The van der Waals surface area contributed by atoms with E-state index >= 15 is 0 Å². The van der Waals surface area contributed by atoms with Gasteiger partial charge in [0.1, 0.15) is 12.4 Å². The van der Waals surface area contributed by atoms with Crippen molar-refractivity contribution in [2.45, 2.75) is 33.5 Å². The van der Waals surface area contributed by atoms with Gasteiger partial charge < -0.3 is 15.2 Å². The number of aryl methyl sites for hydroxylation is 1. The molecular formula is C21H22N6O2. The molecule has 0 saturated carbocycles. The Balaban J connectivity index is 1.51. The van der Waals surface area contributed by atoms with E-state index in [9.17, 15) is 0 Å². The van der Waals surface area contributed by atoms with Crippen LogP contribution in [0.4, 0.5) is 5.82 Å². The van der Waals surface area contributed by atoms with Crippen molar-refractivity contribution in [3.8, 4) is 22.8 Å². The third-order valence-corrected chi connectivity index (χ3v) is 4.43. The zero-order valence-electron chi connectivity index (χ0n) is 16.5. The van der Waals surface area contributed by atoms with E-state index in [1.54, 1.807) is 6.07 Å². The lowest BCUT2D eigenvalue weighted by molar-refractivity contribution is 0.232. The number of nitrogens with one attached hydrogen (secondary N) is 1. The summed E-state index contributed by atoms with van der Waals surface area (Å²) in [6.45, 7) is 6.40. The van der Waals surface area contributed by atoms with Crippen LogP contribution >= 0.6 is 0 Å². The summed E-state index contributed by atoms with van der Waals surface area (Å²) in [6.07, 6.45) is 1.92. The fourth-order valence-electron chi connectivity index (χ4n) is 2.99. The van der Waals surface area contributed by atoms with Crippen molar-refractivity contribution in [3.05, 3.63) is 53.7 Å². The molecule has 1 aromatic carbocycles. The first-order valence-electron chi connectivity index (χ1n) is 9.32. The van der Waals surface area contributed by atoms with E-state index in [0.717, 1.165) is 22.3 Å². The fourth-order valence-corrected chi connectivity index (χ4v) is 2.99. The van der Waals surface area contributed by atoms with Crippen LogP contribution in [0.15, 0.2) is 42.6 Å². The number of ether oxygens (including phenoxy) is 2. The van der Waals surface area contributed by atoms with Crippen molar-refractivity contribution < 1.29 is 9.47 Å². The number of anilines is 1. The van der Waals surface area contributed by atoms with Gasteiger partial charge in [0.15, 0.2) is 11.3 Å². The highest BCUT2D eigenvalue weighted by molar-refractivity contribution is 5.78. The summed E-state index contributed by atoms with van der Waals surface area (Å²) < 4.78 is 11.6. The van der Waals surface area contributed by atoms with Gasteiger partial charge in [0.2, 0.25) is 11.5 Å². The molecule has 0 amide bonds. The maximum Gasteiger partial charge on any atom is 0.213 e. The van der Waals surface area contributed by atoms with E-state index in [0.29, 0.717) is 35.2 Å². The average molecular weight is 390 g/mol. The van der Waals surface area contributed by atoms with Gasteiger partial charge in [-0.2, -0.15) is 10.3 Å². The van der Waals surface area contributed by atoms with E-state index in [-0.39, 0.29) is 6.10 Å². The van der Waals surface area contributed by atoms with Crippen molar-refractivity contribution in [3.63, 3.8) is 0 Å². The second kappa shape index (κ2) is 7.75. The molecule has 4 aromatic rings. The molecule has 3 aromatic heterocycles. The number of pyridine rings is 2. The van der Waals surface area contributed by atoms with Crippen LogP contribution in [0.25, 0.3) is 22.3 Å². The first kappa shape index (κ1) is 18.7. The molecule has 148 valence electrons. The van der Waals surface area contributed by atoms with Crippen LogP contribution in [0.3, 0.4) is 0 Å². The molecule has 0 aliphatic carbocycles. The summed E-state index contributed by atoms with van der Waals surface area (Å²) >= 11 is 0. The van der Waals surface area contributed by atoms with Crippen molar-refractivity contribution in [2.75, 3.05) is 5.73 Å². The van der Waals surface area contributed by atoms with E-state index in [1.165, 1.54) is 0 Å². The molecule has 0 fully saturated rings. The smallest absolute Gasteiger partial charge is 0.213 e. The SMILES string of the molecule is Cc1cc(-c2ccc(OC(C)C)nc2)ccc1COc1cc(N)nc2n[nH]nc12. The predicted octanol–water partition coefficient (Wildman–Crippen LogP) is 3.67. The van der Waals surface area contributed by atoms with Crippen molar-refractivity contribution in [2.24, 2.45) is 0 Å². The molecule has 3 heterocycles. The summed E-state index contributed by atoms with van der Waals surface area (Å²) in [5.74, 6) is 1.52. The highest BCUT2D eigenvalue weighted by atomic mass is 16.5. The van der Waals surface area contributed by atoms with E-state index < -0.39 is 0 Å². The Hall–Kier alpha value is -3.68. The number of rotatable bonds is 6. The molecule has 0 unspecified atom stereocenters. The highest BCUT2D eigenvalue weighted by Crippen LogP contribution is 2.26. The Labute approximate surface area is 168 Å². The number of aromatic amines is 1. The van der Waals surface area contributed by atoms with E-state index in [2.05, 4.69) is 44.4 Å². The number of fused-ring (bicyclic) bond motifs is 1. The molecule has 8 heteroatoms. The summed E-state index contributed by atoms with van der Waals surface area (Å²) in [7, 11) is 0. The van der Waals surface area contributed by atoms with Gasteiger partial charge in [-0.15, -0.1) is 5.10 Å². The van der Waals surface area contributed by atoms with Crippen molar-refractivity contribution >= 4 is 17.0 Å². The quantitative estimate of drug-likeness (QED) is 0.516. The molecule has 8 nitrogen and oxygen atoms in total. The van der Waals surface area contributed by atoms with Crippen LogP contribution in [0, 0.1) is 6.92 Å². The molecule has 0 spiro atoms. The van der Waals surface area contributed by atoms with Crippen molar-refractivity contribution in [1.82, 2.24) is 25.4 Å². The predicted molar refractivity (Wildman–Crippen MR) is 111 cm³/mol. The Morgan fingerprint density at radius 1 is 1.07 bits per heavy atom. The summed E-state index contributed by atoms with van der Waals surface area (Å²) in [4.78, 5) is 8.49. The number of benzene rings is 1. The third kappa shape index (κ3) is 4.11. The standard InChI is InChI=1S/C21H22N6O2/c1-12(2)29-19-7-6-15(10-23-19)14-4-5-16(13(3)8-14)11-28-17-9-18(22)24-21-20(17)25-27-26-21/h4-10,12H,11H2,1-3H3,(H3,22,24,25,26,27). The van der Waals surface area contributed by atoms with Gasteiger partial charge in [0.25, 0.3) is 0 Å². The minimum absolute atomic E-state index is 0.101. The summed E-state index contributed by atoms with van der Waals surface area (Å²) in [6, 6.07) is 11.8. The van der Waals surface area contributed by atoms with Crippen molar-refractivity contribution in [1.29, 1.82) is 0 Å². The average Bonchev–Trinajstić information content (AvgIpc) is 3.15. The summed E-state index contributed by atoms with van der Waals surface area (Å²) in [5.41, 5.74) is 11.1. The Morgan fingerprint density at radius 3 is 2.62 bits per heavy atom. The first-order valence-corrected chi connectivity index (χ1v) is 9.32. The number of nitrogens with zero attached hydrogens (tertiary/aromatic N) is 4. The van der Waals surface area contributed by atoms with Gasteiger partial charge in [-0.05, 0) is 43.5 Å². The lowest BCUT2D eigenvalue weighted by Gasteiger charge is -2.12. The molecule has 0 aliphatic heterocycles. The fraction of sp³-hybridized carbons (Fsp3) is 0.238. The lowest BCUT2D eigenvalue weighted by atomic mass is 10.0. The van der Waals surface area contributed by atoms with Crippen LogP contribution in [-0.2, 0) is 6.61 Å². The normalized spacial score (nSPS) is 11.2. The molecule has 0 radical (unpaired) electrons. The minimum Gasteiger partial charge on any atom is -0.486 e. The lowest BCUT2D eigenvalue weighted by Crippen LogP contribution is -2.06. The second-order valence-electron chi connectivity index (χ2n) is 7.02. The monoisotopic (exact) mass is 390 g/mol. The molecule has 29 heavy (non-hydrogen) atoms. The first-order chi connectivity index (χ1) is 14.0. The number of hydrogen-bond acceptors (Lipinski definition) is 7. The second-order valence-corrected chi connectivity index (χ2v) is 7.02. The third-order valence-electron chi connectivity index (χ3n) is 4.43. The molecular weight excluding hydrogens is 368 g/mol. The summed E-state index contributed by atoms with van der Waals surface area (Å²) in [5, 5.41) is 10.6. The van der Waals surface area contributed by atoms with Crippen LogP contribution < -0.4 is 15.2 Å². The molecule has 3 N–H and O–H groups in total. The number of nitrogen functional groups attached to an aromatic ring is 1. The number of hydrogen-bond donors (Lipinski definition) is 2. The number of H-pyrrole nitrogens is 1. The highest BCUT2D eigenvalue weighted by Gasteiger charge is 2.11. The van der Waals surface area contributed by atoms with E-state index in [4.69, 9.17) is 15.2 Å². The minimum atomic E-state index is 0.101. The van der Waals surface area contributed by atoms with Gasteiger partial charge in [0, 0.05) is 23.9 Å². The maximum absolute atomic E-state index is 5.95. The topological polar surface area (TPSA) is 112 Å². The van der Waals surface area contributed by atoms with Crippen LogP contribution in [-0.4, -0.2) is 31.5 Å². The van der Waals surface area contributed by atoms with Gasteiger partial charge in [-0.25, -0.2) is 9.97 Å². The number of nitrogens with two attached hydrogens (primary N) is 1. The van der Waals surface area contributed by atoms with Gasteiger partial charge in [0.05, 0.1) is 6.10 Å². The Kier molecular flexibility index (Phi) is 4.99. The van der Waals surface area contributed by atoms with Crippen LogP contribution in [0.2, 0.25) is 0 Å². The largest absolute Gasteiger partial charge is 0.486 e. The van der Waals surface area contributed by atoms with Crippen LogP contribution in [0.5, 0.6) is 11.6 Å². The van der Waals surface area contributed by atoms with E-state index in [1.807, 2.05) is 38.2 Å². The zero-order chi connectivity index (χ0) is 20.4. The Morgan fingerprint density at radius 2 is 1.90 bits per heavy atom. The zero-order valence-corrected chi connectivity index (χ0v) is 16.5. The molecule has 0 atom stereocenters. The Bertz CT molecular complexity index is 1140. The molecule has 0 saturated heterocycles.